The molecule has 5 nitrogen and oxygen atoms in total. The van der Waals surface area contributed by atoms with Gasteiger partial charge >= 0.3 is 0 Å². The average Bonchev–Trinajstić information content (AvgIpc) is 2.69. The van der Waals surface area contributed by atoms with Gasteiger partial charge in [-0.2, -0.15) is 0 Å². The number of amides is 2. The zero-order valence-corrected chi connectivity index (χ0v) is 14.8. The molecule has 2 N–H and O–H groups in total. The van der Waals surface area contributed by atoms with E-state index < -0.39 is 11.7 Å². The molecule has 0 bridgehead atoms. The standard InChI is InChI=1S/C20H15ClFN3O2/c21-17-4-2-1-3-14(17)12-24-19(26)13-9-10-23-18(11-13)20(27)25-16-7-5-15(22)6-8-16/h1-11H,12H2,(H,24,26)(H,25,27). The van der Waals surface area contributed by atoms with Gasteiger partial charge in [-0.15, -0.1) is 0 Å². The molecule has 3 rings (SSSR count). The summed E-state index contributed by atoms with van der Waals surface area (Å²) in [5, 5.41) is 5.92. The highest BCUT2D eigenvalue weighted by atomic mass is 35.5. The van der Waals surface area contributed by atoms with Crippen LogP contribution < -0.4 is 10.6 Å². The third-order valence-corrected chi connectivity index (χ3v) is 4.12. The molecule has 2 aromatic carbocycles. The van der Waals surface area contributed by atoms with E-state index >= 15 is 0 Å². The predicted molar refractivity (Wildman–Crippen MR) is 101 cm³/mol. The van der Waals surface area contributed by atoms with Crippen molar-refractivity contribution in [3.05, 3.63) is 94.5 Å². The molecule has 136 valence electrons. The summed E-state index contributed by atoms with van der Waals surface area (Å²) in [6, 6.07) is 15.5. The molecule has 1 heterocycles. The Morgan fingerprint density at radius 3 is 2.48 bits per heavy atom. The summed E-state index contributed by atoms with van der Waals surface area (Å²) in [5.74, 6) is -1.25. The largest absolute Gasteiger partial charge is 0.348 e. The molecule has 0 fully saturated rings. The first kappa shape index (κ1) is 18.5. The van der Waals surface area contributed by atoms with Crippen LogP contribution in [-0.2, 0) is 6.54 Å². The minimum Gasteiger partial charge on any atom is -0.348 e. The SMILES string of the molecule is O=C(NCc1ccccc1Cl)c1ccnc(C(=O)Nc2ccc(F)cc2)c1. The molecule has 3 aromatic rings. The van der Waals surface area contributed by atoms with Crippen molar-refractivity contribution < 1.29 is 14.0 Å². The van der Waals surface area contributed by atoms with Crippen LogP contribution in [0.5, 0.6) is 0 Å². The lowest BCUT2D eigenvalue weighted by Crippen LogP contribution is -2.24. The summed E-state index contributed by atoms with van der Waals surface area (Å²) in [5.41, 5.74) is 1.58. The number of rotatable bonds is 5. The Hall–Kier alpha value is -3.25. The Morgan fingerprint density at radius 2 is 1.74 bits per heavy atom. The van der Waals surface area contributed by atoms with Gasteiger partial charge in [-0.05, 0) is 48.0 Å². The fraction of sp³-hybridized carbons (Fsp3) is 0.0500. The van der Waals surface area contributed by atoms with Gasteiger partial charge in [-0.25, -0.2) is 4.39 Å². The van der Waals surface area contributed by atoms with Crippen molar-refractivity contribution in [3.63, 3.8) is 0 Å². The van der Waals surface area contributed by atoms with Crippen molar-refractivity contribution in [2.75, 3.05) is 5.32 Å². The van der Waals surface area contributed by atoms with Crippen LogP contribution in [-0.4, -0.2) is 16.8 Å². The highest BCUT2D eigenvalue weighted by molar-refractivity contribution is 6.31. The molecule has 0 unspecified atom stereocenters. The van der Waals surface area contributed by atoms with Crippen LogP contribution >= 0.6 is 11.6 Å². The van der Waals surface area contributed by atoms with E-state index in [0.29, 0.717) is 16.3 Å². The molecule has 0 atom stereocenters. The van der Waals surface area contributed by atoms with Gasteiger partial charge in [0.2, 0.25) is 0 Å². The maximum Gasteiger partial charge on any atom is 0.274 e. The summed E-state index contributed by atoms with van der Waals surface area (Å²) in [7, 11) is 0. The van der Waals surface area contributed by atoms with Crippen LogP contribution in [0.4, 0.5) is 10.1 Å². The molecule has 7 heteroatoms. The van der Waals surface area contributed by atoms with E-state index in [0.717, 1.165) is 5.56 Å². The van der Waals surface area contributed by atoms with E-state index in [1.165, 1.54) is 42.6 Å². The third-order valence-electron chi connectivity index (χ3n) is 3.75. The fourth-order valence-corrected chi connectivity index (χ4v) is 2.55. The highest BCUT2D eigenvalue weighted by Crippen LogP contribution is 2.15. The van der Waals surface area contributed by atoms with E-state index in [2.05, 4.69) is 15.6 Å². The summed E-state index contributed by atoms with van der Waals surface area (Å²) >= 11 is 6.07. The number of hydrogen-bond donors (Lipinski definition) is 2. The van der Waals surface area contributed by atoms with Crippen LogP contribution in [0.2, 0.25) is 5.02 Å². The minimum absolute atomic E-state index is 0.0738. The quantitative estimate of drug-likeness (QED) is 0.698. The normalized spacial score (nSPS) is 10.3. The second-order valence-electron chi connectivity index (χ2n) is 5.66. The van der Waals surface area contributed by atoms with Crippen molar-refractivity contribution in [2.24, 2.45) is 0 Å². The van der Waals surface area contributed by atoms with E-state index in [4.69, 9.17) is 11.6 Å². The van der Waals surface area contributed by atoms with Crippen molar-refractivity contribution in [3.8, 4) is 0 Å². The number of halogens is 2. The number of hydrogen-bond acceptors (Lipinski definition) is 3. The van der Waals surface area contributed by atoms with Gasteiger partial charge in [0.25, 0.3) is 11.8 Å². The highest BCUT2D eigenvalue weighted by Gasteiger charge is 2.12. The molecule has 0 saturated carbocycles. The van der Waals surface area contributed by atoms with Crippen LogP contribution in [0.1, 0.15) is 26.4 Å². The smallest absolute Gasteiger partial charge is 0.274 e. The van der Waals surface area contributed by atoms with Gasteiger partial charge < -0.3 is 10.6 Å². The number of aromatic nitrogens is 1. The number of nitrogens with one attached hydrogen (secondary N) is 2. The number of anilines is 1. The molecule has 0 spiro atoms. The van der Waals surface area contributed by atoms with Crippen LogP contribution in [0.15, 0.2) is 66.9 Å². The summed E-state index contributed by atoms with van der Waals surface area (Å²) < 4.78 is 12.9. The van der Waals surface area contributed by atoms with Gasteiger partial charge in [0.15, 0.2) is 0 Å². The first-order valence-corrected chi connectivity index (χ1v) is 8.45. The maximum atomic E-state index is 12.9. The van der Waals surface area contributed by atoms with Crippen LogP contribution in [0.25, 0.3) is 0 Å². The number of pyridine rings is 1. The minimum atomic E-state index is -0.498. The lowest BCUT2D eigenvalue weighted by Gasteiger charge is -2.08. The molecule has 2 amide bonds. The van der Waals surface area contributed by atoms with Crippen molar-refractivity contribution >= 4 is 29.1 Å². The van der Waals surface area contributed by atoms with Crippen LogP contribution in [0, 0.1) is 5.82 Å². The Balaban J connectivity index is 1.67. The summed E-state index contributed by atoms with van der Waals surface area (Å²) in [4.78, 5) is 28.6. The van der Waals surface area contributed by atoms with Gasteiger partial charge in [0.05, 0.1) is 0 Å². The molecule has 0 saturated heterocycles. The number of carbonyl (C=O) groups is 2. The van der Waals surface area contributed by atoms with E-state index in [9.17, 15) is 14.0 Å². The lowest BCUT2D eigenvalue weighted by molar-refractivity contribution is 0.0951. The Labute approximate surface area is 160 Å². The Kier molecular flexibility index (Phi) is 5.78. The van der Waals surface area contributed by atoms with Gasteiger partial charge in [0, 0.05) is 29.0 Å². The number of nitrogens with zero attached hydrogens (tertiary/aromatic N) is 1. The van der Waals surface area contributed by atoms with E-state index in [1.807, 2.05) is 18.2 Å². The predicted octanol–water partition coefficient (Wildman–Crippen LogP) is 4.06. The van der Waals surface area contributed by atoms with Crippen molar-refractivity contribution in [1.29, 1.82) is 0 Å². The molecule has 0 aliphatic rings. The number of carbonyl (C=O) groups excluding carboxylic acids is 2. The van der Waals surface area contributed by atoms with Crippen molar-refractivity contribution in [2.45, 2.75) is 6.54 Å². The Bertz CT molecular complexity index is 977. The lowest BCUT2D eigenvalue weighted by atomic mass is 10.2. The zero-order chi connectivity index (χ0) is 19.2. The van der Waals surface area contributed by atoms with Gasteiger partial charge in [-0.3, -0.25) is 14.6 Å². The molecular formula is C20H15ClFN3O2. The van der Waals surface area contributed by atoms with Crippen molar-refractivity contribution in [1.82, 2.24) is 10.3 Å². The van der Waals surface area contributed by atoms with Crippen LogP contribution in [0.3, 0.4) is 0 Å². The van der Waals surface area contributed by atoms with Gasteiger partial charge in [-0.1, -0.05) is 29.8 Å². The molecular weight excluding hydrogens is 369 g/mol. The molecule has 0 aliphatic carbocycles. The molecule has 27 heavy (non-hydrogen) atoms. The maximum absolute atomic E-state index is 12.9. The zero-order valence-electron chi connectivity index (χ0n) is 14.1. The van der Waals surface area contributed by atoms with Gasteiger partial charge in [0.1, 0.15) is 11.5 Å². The second-order valence-corrected chi connectivity index (χ2v) is 6.07. The van der Waals surface area contributed by atoms with E-state index in [-0.39, 0.29) is 18.1 Å². The fourth-order valence-electron chi connectivity index (χ4n) is 2.34. The molecule has 0 radical (unpaired) electrons. The monoisotopic (exact) mass is 383 g/mol. The third kappa shape index (κ3) is 4.89. The van der Waals surface area contributed by atoms with E-state index in [1.54, 1.807) is 6.07 Å². The molecule has 0 aliphatic heterocycles. The topological polar surface area (TPSA) is 71.1 Å². The number of benzene rings is 2. The first-order chi connectivity index (χ1) is 13.0. The Morgan fingerprint density at radius 1 is 1.00 bits per heavy atom. The summed E-state index contributed by atoms with van der Waals surface area (Å²) in [6.07, 6.45) is 1.38. The average molecular weight is 384 g/mol. The molecule has 1 aromatic heterocycles. The first-order valence-electron chi connectivity index (χ1n) is 8.07. The second kappa shape index (κ2) is 8.42. The summed E-state index contributed by atoms with van der Waals surface area (Å²) in [6.45, 7) is 0.262.